The van der Waals surface area contributed by atoms with Crippen LogP contribution in [-0.4, -0.2) is 19.1 Å². The van der Waals surface area contributed by atoms with Crippen molar-refractivity contribution in [3.63, 3.8) is 0 Å². The minimum absolute atomic E-state index is 0.204. The lowest BCUT2D eigenvalue weighted by Gasteiger charge is -2.20. The summed E-state index contributed by atoms with van der Waals surface area (Å²) in [6, 6.07) is 4.91. The fourth-order valence-corrected chi connectivity index (χ4v) is 1.91. The van der Waals surface area contributed by atoms with Crippen molar-refractivity contribution in [1.29, 1.82) is 0 Å². The number of rotatable bonds is 6. The Morgan fingerprint density at radius 2 is 2.12 bits per heavy atom. The SMILES string of the molecule is CC(C)C(CN)NCCc1cc(Cl)ccc1F. The van der Waals surface area contributed by atoms with Crippen molar-refractivity contribution >= 4 is 11.6 Å². The van der Waals surface area contributed by atoms with E-state index in [0.29, 0.717) is 36.0 Å². The van der Waals surface area contributed by atoms with Gasteiger partial charge in [-0.2, -0.15) is 0 Å². The molecule has 1 aromatic carbocycles. The smallest absolute Gasteiger partial charge is 0.126 e. The zero-order valence-corrected chi connectivity index (χ0v) is 11.1. The Kier molecular flexibility index (Phi) is 5.89. The highest BCUT2D eigenvalue weighted by atomic mass is 35.5. The monoisotopic (exact) mass is 258 g/mol. The van der Waals surface area contributed by atoms with Crippen molar-refractivity contribution in [2.75, 3.05) is 13.1 Å². The summed E-state index contributed by atoms with van der Waals surface area (Å²) in [6.45, 7) is 5.53. The molecule has 96 valence electrons. The molecule has 1 aromatic rings. The van der Waals surface area contributed by atoms with E-state index in [1.54, 1.807) is 12.1 Å². The first-order chi connectivity index (χ1) is 8.04. The van der Waals surface area contributed by atoms with Gasteiger partial charge in [0.2, 0.25) is 0 Å². The van der Waals surface area contributed by atoms with Crippen LogP contribution in [0.5, 0.6) is 0 Å². The molecule has 0 saturated heterocycles. The average Bonchev–Trinajstić information content (AvgIpc) is 2.28. The average molecular weight is 259 g/mol. The van der Waals surface area contributed by atoms with E-state index in [0.717, 1.165) is 0 Å². The van der Waals surface area contributed by atoms with Gasteiger partial charge in [0, 0.05) is 17.6 Å². The number of nitrogens with two attached hydrogens (primary N) is 1. The van der Waals surface area contributed by atoms with E-state index in [1.807, 2.05) is 0 Å². The molecule has 2 nitrogen and oxygen atoms in total. The Balaban J connectivity index is 2.47. The van der Waals surface area contributed by atoms with Gasteiger partial charge < -0.3 is 11.1 Å². The summed E-state index contributed by atoms with van der Waals surface area (Å²) in [4.78, 5) is 0. The first-order valence-corrected chi connectivity index (χ1v) is 6.29. The fourth-order valence-electron chi connectivity index (χ4n) is 1.72. The highest BCUT2D eigenvalue weighted by molar-refractivity contribution is 6.30. The zero-order chi connectivity index (χ0) is 12.8. The first-order valence-electron chi connectivity index (χ1n) is 5.92. The third kappa shape index (κ3) is 4.62. The molecule has 17 heavy (non-hydrogen) atoms. The molecule has 1 rings (SSSR count). The Labute approximate surface area is 107 Å². The predicted octanol–water partition coefficient (Wildman–Crippen LogP) is 2.59. The maximum absolute atomic E-state index is 13.4. The Morgan fingerprint density at radius 3 is 2.71 bits per heavy atom. The van der Waals surface area contributed by atoms with Crippen molar-refractivity contribution in [2.24, 2.45) is 11.7 Å². The highest BCUT2D eigenvalue weighted by Crippen LogP contribution is 2.15. The molecule has 1 atom stereocenters. The van der Waals surface area contributed by atoms with Crippen molar-refractivity contribution < 1.29 is 4.39 Å². The molecule has 3 N–H and O–H groups in total. The van der Waals surface area contributed by atoms with Gasteiger partial charge in [-0.3, -0.25) is 0 Å². The van der Waals surface area contributed by atoms with E-state index >= 15 is 0 Å². The van der Waals surface area contributed by atoms with Crippen LogP contribution in [0.2, 0.25) is 5.02 Å². The van der Waals surface area contributed by atoms with Crippen LogP contribution in [0, 0.1) is 11.7 Å². The van der Waals surface area contributed by atoms with Crippen LogP contribution in [0.4, 0.5) is 4.39 Å². The molecule has 0 aliphatic carbocycles. The van der Waals surface area contributed by atoms with Gasteiger partial charge in [0.25, 0.3) is 0 Å². The Morgan fingerprint density at radius 1 is 1.41 bits per heavy atom. The number of benzene rings is 1. The normalized spacial score (nSPS) is 13.1. The fraction of sp³-hybridized carbons (Fsp3) is 0.538. The van der Waals surface area contributed by atoms with E-state index < -0.39 is 0 Å². The maximum Gasteiger partial charge on any atom is 0.126 e. The molecular weight excluding hydrogens is 239 g/mol. The number of halogens is 2. The third-order valence-electron chi connectivity index (χ3n) is 2.87. The second-order valence-electron chi connectivity index (χ2n) is 4.53. The van der Waals surface area contributed by atoms with E-state index in [1.165, 1.54) is 6.07 Å². The van der Waals surface area contributed by atoms with Crippen LogP contribution in [0.1, 0.15) is 19.4 Å². The Hall–Kier alpha value is -0.640. The van der Waals surface area contributed by atoms with Crippen molar-refractivity contribution in [3.8, 4) is 0 Å². The second-order valence-corrected chi connectivity index (χ2v) is 4.96. The summed E-state index contributed by atoms with van der Waals surface area (Å²) in [7, 11) is 0. The molecule has 1 unspecified atom stereocenters. The van der Waals surface area contributed by atoms with E-state index in [4.69, 9.17) is 17.3 Å². The zero-order valence-electron chi connectivity index (χ0n) is 10.3. The minimum atomic E-state index is -0.204. The molecule has 0 radical (unpaired) electrons. The molecular formula is C13H20ClFN2. The summed E-state index contributed by atoms with van der Waals surface area (Å²) in [5.74, 6) is 0.272. The van der Waals surface area contributed by atoms with Gasteiger partial charge >= 0.3 is 0 Å². The van der Waals surface area contributed by atoms with Crippen molar-refractivity contribution in [3.05, 3.63) is 34.6 Å². The van der Waals surface area contributed by atoms with Gasteiger partial charge in [0.15, 0.2) is 0 Å². The van der Waals surface area contributed by atoms with E-state index in [2.05, 4.69) is 19.2 Å². The van der Waals surface area contributed by atoms with Crippen LogP contribution in [0.25, 0.3) is 0 Å². The van der Waals surface area contributed by atoms with E-state index in [9.17, 15) is 4.39 Å². The summed E-state index contributed by atoms with van der Waals surface area (Å²) < 4.78 is 13.4. The van der Waals surface area contributed by atoms with Gasteiger partial charge in [-0.1, -0.05) is 25.4 Å². The molecule has 0 aliphatic heterocycles. The lowest BCUT2D eigenvalue weighted by atomic mass is 10.0. The Bertz CT molecular complexity index is 355. The standard InChI is InChI=1S/C13H20ClFN2/c1-9(2)13(8-16)17-6-5-10-7-11(14)3-4-12(10)15/h3-4,7,9,13,17H,5-6,8,16H2,1-2H3. The number of nitrogens with one attached hydrogen (secondary N) is 1. The minimum Gasteiger partial charge on any atom is -0.329 e. The molecule has 0 spiro atoms. The molecule has 0 saturated carbocycles. The lowest BCUT2D eigenvalue weighted by molar-refractivity contribution is 0.407. The summed E-state index contributed by atoms with van der Waals surface area (Å²) in [5.41, 5.74) is 6.29. The van der Waals surface area contributed by atoms with Gasteiger partial charge in [0.1, 0.15) is 5.82 Å². The maximum atomic E-state index is 13.4. The van der Waals surface area contributed by atoms with Crippen LogP contribution >= 0.6 is 11.6 Å². The van der Waals surface area contributed by atoms with Crippen LogP contribution in [0.3, 0.4) is 0 Å². The van der Waals surface area contributed by atoms with Gasteiger partial charge in [-0.05, 0) is 42.6 Å². The largest absolute Gasteiger partial charge is 0.329 e. The second kappa shape index (κ2) is 6.94. The summed E-state index contributed by atoms with van der Waals surface area (Å²) in [5, 5.41) is 3.90. The van der Waals surface area contributed by atoms with Crippen molar-refractivity contribution in [2.45, 2.75) is 26.3 Å². The molecule has 0 aromatic heterocycles. The molecule has 0 amide bonds. The lowest BCUT2D eigenvalue weighted by Crippen LogP contribution is -2.41. The summed E-state index contributed by atoms with van der Waals surface area (Å²) >= 11 is 5.83. The highest BCUT2D eigenvalue weighted by Gasteiger charge is 2.10. The predicted molar refractivity (Wildman–Crippen MR) is 70.8 cm³/mol. The quantitative estimate of drug-likeness (QED) is 0.823. The van der Waals surface area contributed by atoms with Gasteiger partial charge in [0.05, 0.1) is 0 Å². The molecule has 0 fully saturated rings. The summed E-state index contributed by atoms with van der Waals surface area (Å²) in [6.07, 6.45) is 0.621. The third-order valence-corrected chi connectivity index (χ3v) is 3.10. The van der Waals surface area contributed by atoms with E-state index in [-0.39, 0.29) is 11.9 Å². The van der Waals surface area contributed by atoms with Gasteiger partial charge in [-0.25, -0.2) is 4.39 Å². The van der Waals surface area contributed by atoms with Crippen LogP contribution in [0.15, 0.2) is 18.2 Å². The number of hydrogen-bond acceptors (Lipinski definition) is 2. The molecule has 0 aliphatic rings. The van der Waals surface area contributed by atoms with Crippen LogP contribution in [-0.2, 0) is 6.42 Å². The first kappa shape index (κ1) is 14.4. The topological polar surface area (TPSA) is 38.0 Å². The van der Waals surface area contributed by atoms with Crippen LogP contribution < -0.4 is 11.1 Å². The molecule has 0 bridgehead atoms. The van der Waals surface area contributed by atoms with Crippen molar-refractivity contribution in [1.82, 2.24) is 5.32 Å². The molecule has 4 heteroatoms. The van der Waals surface area contributed by atoms with Gasteiger partial charge in [-0.15, -0.1) is 0 Å². The number of hydrogen-bond donors (Lipinski definition) is 2. The molecule has 0 heterocycles.